The van der Waals surface area contributed by atoms with E-state index in [-0.39, 0.29) is 24.0 Å². The molecule has 3 amide bonds. The number of ether oxygens (including phenoxy) is 2. The van der Waals surface area contributed by atoms with Crippen molar-refractivity contribution >= 4 is 68.9 Å². The number of esters is 1. The van der Waals surface area contributed by atoms with E-state index in [9.17, 15) is 24.0 Å². The van der Waals surface area contributed by atoms with E-state index in [1.165, 1.54) is 23.9 Å². The number of nitrogens with zero attached hydrogens (tertiary/aromatic N) is 1. The summed E-state index contributed by atoms with van der Waals surface area (Å²) in [6, 6.07) is 26.6. The van der Waals surface area contributed by atoms with Crippen molar-refractivity contribution in [2.75, 3.05) is 23.4 Å². The number of H-pyrrole nitrogens is 1. The average molecular weight is 666 g/mol. The molecule has 3 atom stereocenters. The molecule has 0 aliphatic carbocycles. The third kappa shape index (κ3) is 5.70. The van der Waals surface area contributed by atoms with Crippen LogP contribution >= 0.6 is 23.1 Å². The number of hydrogen-bond donors (Lipinski definition) is 2. The second-order valence-electron chi connectivity index (χ2n) is 11.0. The number of aromatic nitrogens is 1. The molecule has 1 fully saturated rings. The summed E-state index contributed by atoms with van der Waals surface area (Å²) in [6.07, 6.45) is 0. The molecule has 12 heteroatoms. The van der Waals surface area contributed by atoms with E-state index in [2.05, 4.69) is 10.3 Å². The Hall–Kier alpha value is -5.20. The van der Waals surface area contributed by atoms with Crippen LogP contribution in [-0.4, -0.2) is 47.1 Å². The zero-order valence-electron chi connectivity index (χ0n) is 24.9. The van der Waals surface area contributed by atoms with Crippen LogP contribution in [-0.2, 0) is 19.1 Å². The molecule has 7 rings (SSSR count). The lowest BCUT2D eigenvalue weighted by molar-refractivity contribution is -0.122. The maximum atomic E-state index is 14.1. The maximum absolute atomic E-state index is 14.1. The van der Waals surface area contributed by atoms with Crippen LogP contribution < -0.4 is 19.8 Å². The van der Waals surface area contributed by atoms with Crippen molar-refractivity contribution in [3.8, 4) is 5.75 Å². The molecule has 1 aromatic heterocycles. The van der Waals surface area contributed by atoms with Gasteiger partial charge < -0.3 is 19.8 Å². The van der Waals surface area contributed by atoms with E-state index in [0.717, 1.165) is 27.0 Å². The van der Waals surface area contributed by atoms with Gasteiger partial charge in [0.1, 0.15) is 11.0 Å². The summed E-state index contributed by atoms with van der Waals surface area (Å²) >= 11 is 2.18. The number of fused-ring (bicyclic) bond motifs is 3. The highest BCUT2D eigenvalue weighted by molar-refractivity contribution is 8.00. The van der Waals surface area contributed by atoms with E-state index in [1.807, 2.05) is 48.5 Å². The summed E-state index contributed by atoms with van der Waals surface area (Å²) in [7, 11) is 0. The molecule has 0 saturated carbocycles. The number of imide groups is 1. The highest BCUT2D eigenvalue weighted by Gasteiger charge is 2.56. The molecule has 2 N–H and O–H groups in total. The number of rotatable bonds is 8. The van der Waals surface area contributed by atoms with Gasteiger partial charge in [-0.15, -0.1) is 0 Å². The number of nitrogens with one attached hydrogen (secondary N) is 2. The minimum absolute atomic E-state index is 0.225. The third-order valence-corrected chi connectivity index (χ3v) is 10.5. The number of hydrogen-bond acceptors (Lipinski definition) is 9. The fourth-order valence-electron chi connectivity index (χ4n) is 6.06. The van der Waals surface area contributed by atoms with Crippen LogP contribution in [0.2, 0.25) is 0 Å². The second-order valence-corrected chi connectivity index (χ2v) is 13.1. The number of aromatic amines is 1. The normalized spacial score (nSPS) is 18.5. The minimum Gasteiger partial charge on any atom is -0.484 e. The van der Waals surface area contributed by atoms with Crippen LogP contribution in [0.25, 0.3) is 10.8 Å². The van der Waals surface area contributed by atoms with Gasteiger partial charge in [0.2, 0.25) is 11.8 Å². The first-order chi connectivity index (χ1) is 22.8. The maximum Gasteiger partial charge on any atom is 0.338 e. The molecule has 3 unspecified atom stereocenters. The van der Waals surface area contributed by atoms with Crippen LogP contribution in [0.15, 0.2) is 101 Å². The molecule has 5 aromatic rings. The van der Waals surface area contributed by atoms with Gasteiger partial charge in [0.05, 0.1) is 28.8 Å². The Balaban J connectivity index is 1.14. The van der Waals surface area contributed by atoms with Crippen LogP contribution in [0.5, 0.6) is 5.75 Å². The Bertz CT molecular complexity index is 2100. The van der Waals surface area contributed by atoms with Gasteiger partial charge in [0.15, 0.2) is 6.61 Å². The van der Waals surface area contributed by atoms with Crippen LogP contribution in [0.1, 0.15) is 33.6 Å². The number of thiazole rings is 1. The van der Waals surface area contributed by atoms with Gasteiger partial charge in [-0.1, -0.05) is 71.6 Å². The van der Waals surface area contributed by atoms with E-state index in [0.29, 0.717) is 38.2 Å². The molecular weight excluding hydrogens is 639 g/mol. The van der Waals surface area contributed by atoms with Gasteiger partial charge in [0, 0.05) is 21.9 Å². The fraction of sp³-hybridized carbons (Fsp3) is 0.171. The van der Waals surface area contributed by atoms with Gasteiger partial charge in [-0.2, -0.15) is 0 Å². The van der Waals surface area contributed by atoms with Crippen molar-refractivity contribution in [2.45, 2.75) is 23.1 Å². The van der Waals surface area contributed by atoms with Crippen molar-refractivity contribution in [1.29, 1.82) is 0 Å². The van der Waals surface area contributed by atoms with E-state index >= 15 is 0 Å². The van der Waals surface area contributed by atoms with Crippen LogP contribution in [0.3, 0.4) is 0 Å². The lowest BCUT2D eigenvalue weighted by Crippen LogP contribution is -2.32. The molecule has 0 radical (unpaired) electrons. The van der Waals surface area contributed by atoms with Crippen LogP contribution in [0.4, 0.5) is 11.4 Å². The first-order valence-corrected chi connectivity index (χ1v) is 16.6. The van der Waals surface area contributed by atoms with Gasteiger partial charge >= 0.3 is 10.8 Å². The number of anilines is 2. The van der Waals surface area contributed by atoms with E-state index in [1.54, 1.807) is 37.3 Å². The average Bonchev–Trinajstić information content (AvgIpc) is 3.58. The standard InChI is InChI=1S/C35H27N3O7S2/c1-2-44-34(42)20-13-15-22(16-14-20)38-32(40)28-27(29-31(37-35(43)47-29)46-30(28)33(38)41)21-9-5-10-23(17-21)45-18-26(39)36-25-12-6-8-19-7-3-4-11-24(19)25/h3-17,27-28,30H,2,18H2,1H3,(H,36,39)(H,37,43). The molecule has 4 aromatic carbocycles. The molecule has 0 spiro atoms. The zero-order chi connectivity index (χ0) is 32.7. The predicted octanol–water partition coefficient (Wildman–Crippen LogP) is 5.58. The van der Waals surface area contributed by atoms with Gasteiger partial charge in [-0.05, 0) is 60.3 Å². The quantitative estimate of drug-likeness (QED) is 0.162. The molecule has 236 valence electrons. The zero-order valence-corrected chi connectivity index (χ0v) is 26.6. The van der Waals surface area contributed by atoms with Crippen molar-refractivity contribution < 1.29 is 28.7 Å². The third-order valence-electron chi connectivity index (χ3n) is 8.11. The van der Waals surface area contributed by atoms with Crippen molar-refractivity contribution in [3.05, 3.63) is 117 Å². The molecule has 2 aliphatic heterocycles. The minimum atomic E-state index is -0.805. The van der Waals surface area contributed by atoms with Gasteiger partial charge in [0.25, 0.3) is 5.91 Å². The second kappa shape index (κ2) is 12.5. The molecule has 47 heavy (non-hydrogen) atoms. The lowest BCUT2D eigenvalue weighted by Gasteiger charge is -2.30. The predicted molar refractivity (Wildman–Crippen MR) is 179 cm³/mol. The Kier molecular flexibility index (Phi) is 8.12. The van der Waals surface area contributed by atoms with E-state index in [4.69, 9.17) is 9.47 Å². The summed E-state index contributed by atoms with van der Waals surface area (Å²) in [5.41, 5.74) is 2.00. The summed E-state index contributed by atoms with van der Waals surface area (Å²) in [6.45, 7) is 1.68. The Morgan fingerprint density at radius 2 is 1.68 bits per heavy atom. The largest absolute Gasteiger partial charge is 0.484 e. The topological polar surface area (TPSA) is 135 Å². The molecule has 3 heterocycles. The number of benzene rings is 4. The van der Waals surface area contributed by atoms with Gasteiger partial charge in [-0.3, -0.25) is 19.2 Å². The summed E-state index contributed by atoms with van der Waals surface area (Å²) < 4.78 is 10.9. The molecular formula is C35H27N3O7S2. The van der Waals surface area contributed by atoms with Gasteiger partial charge in [-0.25, -0.2) is 9.69 Å². The Morgan fingerprint density at radius 3 is 2.49 bits per heavy atom. The molecule has 1 saturated heterocycles. The first-order valence-electron chi connectivity index (χ1n) is 14.9. The summed E-state index contributed by atoms with van der Waals surface area (Å²) in [4.78, 5) is 69.7. The Morgan fingerprint density at radius 1 is 0.915 bits per heavy atom. The lowest BCUT2D eigenvalue weighted by atomic mass is 9.83. The van der Waals surface area contributed by atoms with E-state index < -0.39 is 34.9 Å². The highest BCUT2D eigenvalue weighted by atomic mass is 32.2. The highest BCUT2D eigenvalue weighted by Crippen LogP contribution is 2.53. The number of carbonyl (C=O) groups is 4. The van der Waals surface area contributed by atoms with Crippen molar-refractivity contribution in [2.24, 2.45) is 5.92 Å². The molecule has 10 nitrogen and oxygen atoms in total. The van der Waals surface area contributed by atoms with Crippen LogP contribution in [0, 0.1) is 5.92 Å². The number of thioether (sulfide) groups is 1. The SMILES string of the molecule is CCOC(=O)c1ccc(N2C(=O)C3Sc4[nH]c(=O)sc4C(c4cccc(OCC(=O)Nc5cccc6ccccc56)c4)C3C2=O)cc1. The smallest absolute Gasteiger partial charge is 0.338 e. The summed E-state index contributed by atoms with van der Waals surface area (Å²) in [5.74, 6) is -2.67. The Labute approximate surface area is 276 Å². The summed E-state index contributed by atoms with van der Waals surface area (Å²) in [5, 5.41) is 4.59. The van der Waals surface area contributed by atoms with Crippen molar-refractivity contribution in [1.82, 2.24) is 4.98 Å². The van der Waals surface area contributed by atoms with Crippen molar-refractivity contribution in [3.63, 3.8) is 0 Å². The molecule has 2 aliphatic rings. The molecule has 0 bridgehead atoms. The number of amides is 3. The monoisotopic (exact) mass is 665 g/mol. The fourth-order valence-corrected chi connectivity index (χ4v) is 8.57. The first kappa shape index (κ1) is 30.5. The number of carbonyl (C=O) groups excluding carboxylic acids is 4.